The quantitative estimate of drug-likeness (QED) is 0.599. The van der Waals surface area contributed by atoms with Crippen molar-refractivity contribution >= 4 is 27.9 Å². The zero-order valence-electron chi connectivity index (χ0n) is 15.2. The highest BCUT2D eigenvalue weighted by Gasteiger charge is 2.29. The summed E-state index contributed by atoms with van der Waals surface area (Å²) in [6, 6.07) is 4.15. The van der Waals surface area contributed by atoms with Crippen molar-refractivity contribution in [1.29, 1.82) is 0 Å². The SMILES string of the molecule is Cc1ccc2nc(Cn3cnc4c(N)ncnc43)n(C3CC3)c(=O)c2c1C. The molecule has 3 heterocycles. The molecule has 0 bridgehead atoms. The van der Waals surface area contributed by atoms with Gasteiger partial charge >= 0.3 is 0 Å². The average Bonchev–Trinajstić information content (AvgIpc) is 3.39. The predicted molar refractivity (Wildman–Crippen MR) is 103 cm³/mol. The van der Waals surface area contributed by atoms with Crippen molar-refractivity contribution in [3.05, 3.63) is 52.1 Å². The Kier molecular flexibility index (Phi) is 3.30. The molecular formula is C19H19N7O. The number of nitrogens with two attached hydrogens (primary N) is 1. The highest BCUT2D eigenvalue weighted by molar-refractivity contribution is 5.83. The lowest BCUT2D eigenvalue weighted by Gasteiger charge is -2.15. The minimum atomic E-state index is 0.0391. The van der Waals surface area contributed by atoms with E-state index in [2.05, 4.69) is 15.0 Å². The molecule has 0 radical (unpaired) electrons. The summed E-state index contributed by atoms with van der Waals surface area (Å²) in [5.41, 5.74) is 9.95. The van der Waals surface area contributed by atoms with Crippen LogP contribution in [0.15, 0.2) is 29.6 Å². The second kappa shape index (κ2) is 5.60. The summed E-state index contributed by atoms with van der Waals surface area (Å²) in [5.74, 6) is 1.06. The molecule has 27 heavy (non-hydrogen) atoms. The Labute approximate surface area is 154 Å². The lowest BCUT2D eigenvalue weighted by Crippen LogP contribution is -2.26. The fourth-order valence-electron chi connectivity index (χ4n) is 3.58. The van der Waals surface area contributed by atoms with Crippen LogP contribution < -0.4 is 11.3 Å². The van der Waals surface area contributed by atoms with Gasteiger partial charge in [-0.25, -0.2) is 19.9 Å². The molecule has 1 aliphatic carbocycles. The van der Waals surface area contributed by atoms with Crippen LogP contribution >= 0.6 is 0 Å². The molecule has 0 saturated heterocycles. The molecule has 1 aliphatic rings. The van der Waals surface area contributed by atoms with Gasteiger partial charge in [0.2, 0.25) is 0 Å². The van der Waals surface area contributed by atoms with Crippen molar-refractivity contribution in [1.82, 2.24) is 29.1 Å². The molecule has 0 aliphatic heterocycles. The van der Waals surface area contributed by atoms with Crippen LogP contribution in [0.2, 0.25) is 0 Å². The number of nitrogen functional groups attached to an aromatic ring is 1. The maximum Gasteiger partial charge on any atom is 0.261 e. The normalized spacial score (nSPS) is 14.3. The molecule has 2 N–H and O–H groups in total. The first kappa shape index (κ1) is 15.9. The summed E-state index contributed by atoms with van der Waals surface area (Å²) in [4.78, 5) is 30.7. The number of hydrogen-bond acceptors (Lipinski definition) is 6. The van der Waals surface area contributed by atoms with Crippen LogP contribution in [0.5, 0.6) is 0 Å². The van der Waals surface area contributed by atoms with Gasteiger partial charge in [-0.1, -0.05) is 6.07 Å². The zero-order chi connectivity index (χ0) is 18.7. The topological polar surface area (TPSA) is 105 Å². The summed E-state index contributed by atoms with van der Waals surface area (Å²) in [5, 5.41) is 0.715. The Bertz CT molecular complexity index is 1270. The monoisotopic (exact) mass is 361 g/mol. The molecule has 1 aromatic carbocycles. The largest absolute Gasteiger partial charge is 0.382 e. The number of fused-ring (bicyclic) bond motifs is 2. The standard InChI is InChI=1S/C19H19N7O/c1-10-3-6-13-15(11(10)2)19(27)26(12-4-5-12)14(24-13)7-25-9-23-16-17(20)21-8-22-18(16)25/h3,6,8-9,12H,4-5,7H2,1-2H3,(H2,20,21,22). The van der Waals surface area contributed by atoms with E-state index < -0.39 is 0 Å². The Morgan fingerprint density at radius 3 is 2.78 bits per heavy atom. The Morgan fingerprint density at radius 2 is 2.00 bits per heavy atom. The Hall–Kier alpha value is -3.29. The summed E-state index contributed by atoms with van der Waals surface area (Å²) in [7, 11) is 0. The molecule has 5 rings (SSSR count). The number of imidazole rings is 1. The molecule has 8 nitrogen and oxygen atoms in total. The van der Waals surface area contributed by atoms with Crippen LogP contribution in [0.3, 0.4) is 0 Å². The number of nitrogens with zero attached hydrogens (tertiary/aromatic N) is 6. The van der Waals surface area contributed by atoms with Gasteiger partial charge in [-0.2, -0.15) is 0 Å². The zero-order valence-corrected chi connectivity index (χ0v) is 15.2. The summed E-state index contributed by atoms with van der Waals surface area (Å²) in [6.07, 6.45) is 5.10. The smallest absolute Gasteiger partial charge is 0.261 e. The van der Waals surface area contributed by atoms with Gasteiger partial charge in [0.25, 0.3) is 5.56 Å². The summed E-state index contributed by atoms with van der Waals surface area (Å²) < 4.78 is 3.71. The lowest BCUT2D eigenvalue weighted by atomic mass is 10.1. The molecule has 0 amide bonds. The second-order valence-corrected chi connectivity index (χ2v) is 7.14. The van der Waals surface area contributed by atoms with Crippen LogP contribution in [0.4, 0.5) is 5.82 Å². The van der Waals surface area contributed by atoms with E-state index in [-0.39, 0.29) is 11.6 Å². The highest BCUT2D eigenvalue weighted by atomic mass is 16.1. The van der Waals surface area contributed by atoms with Crippen LogP contribution in [0.1, 0.15) is 35.8 Å². The number of rotatable bonds is 3. The van der Waals surface area contributed by atoms with Gasteiger partial charge in [0.15, 0.2) is 11.5 Å². The van der Waals surface area contributed by atoms with Crippen molar-refractivity contribution in [2.24, 2.45) is 0 Å². The fourth-order valence-corrected chi connectivity index (χ4v) is 3.58. The second-order valence-electron chi connectivity index (χ2n) is 7.14. The van der Waals surface area contributed by atoms with Gasteiger partial charge < -0.3 is 10.3 Å². The van der Waals surface area contributed by atoms with Crippen LogP contribution in [0, 0.1) is 13.8 Å². The maximum atomic E-state index is 13.3. The molecule has 0 spiro atoms. The first-order valence-electron chi connectivity index (χ1n) is 8.97. The maximum absolute atomic E-state index is 13.3. The van der Waals surface area contributed by atoms with Crippen molar-refractivity contribution < 1.29 is 0 Å². The molecular weight excluding hydrogens is 342 g/mol. The molecule has 1 saturated carbocycles. The molecule has 8 heteroatoms. The number of hydrogen-bond donors (Lipinski definition) is 1. The lowest BCUT2D eigenvalue weighted by molar-refractivity contribution is 0.611. The van der Waals surface area contributed by atoms with Gasteiger partial charge in [-0.15, -0.1) is 0 Å². The first-order chi connectivity index (χ1) is 13.0. The van der Waals surface area contributed by atoms with E-state index in [1.54, 1.807) is 6.33 Å². The van der Waals surface area contributed by atoms with Crippen molar-refractivity contribution in [2.45, 2.75) is 39.3 Å². The van der Waals surface area contributed by atoms with E-state index in [0.29, 0.717) is 28.9 Å². The minimum Gasteiger partial charge on any atom is -0.382 e. The molecule has 0 unspecified atom stereocenters. The predicted octanol–water partition coefficient (Wildman–Crippen LogP) is 2.12. The van der Waals surface area contributed by atoms with Gasteiger partial charge in [-0.05, 0) is 43.9 Å². The minimum absolute atomic E-state index is 0.0391. The number of benzene rings is 1. The van der Waals surface area contributed by atoms with Crippen LogP contribution in [-0.2, 0) is 6.54 Å². The van der Waals surface area contributed by atoms with E-state index >= 15 is 0 Å². The third kappa shape index (κ3) is 2.40. The molecule has 4 aromatic rings. The van der Waals surface area contributed by atoms with Gasteiger partial charge in [0.1, 0.15) is 17.7 Å². The number of aromatic nitrogens is 6. The van der Waals surface area contributed by atoms with E-state index in [1.807, 2.05) is 35.1 Å². The van der Waals surface area contributed by atoms with Gasteiger partial charge in [0.05, 0.1) is 23.8 Å². The first-order valence-corrected chi connectivity index (χ1v) is 8.97. The summed E-state index contributed by atoms with van der Waals surface area (Å²) >= 11 is 0. The number of anilines is 1. The van der Waals surface area contributed by atoms with Crippen molar-refractivity contribution in [3.63, 3.8) is 0 Å². The Balaban J connectivity index is 1.73. The van der Waals surface area contributed by atoms with Crippen LogP contribution in [0.25, 0.3) is 22.1 Å². The third-order valence-electron chi connectivity index (χ3n) is 5.33. The van der Waals surface area contributed by atoms with Crippen molar-refractivity contribution in [3.8, 4) is 0 Å². The molecule has 0 atom stereocenters. The van der Waals surface area contributed by atoms with Gasteiger partial charge in [-0.3, -0.25) is 9.36 Å². The highest BCUT2D eigenvalue weighted by Crippen LogP contribution is 2.35. The fraction of sp³-hybridized carbons (Fsp3) is 0.316. The van der Waals surface area contributed by atoms with E-state index in [9.17, 15) is 4.79 Å². The molecule has 1 fully saturated rings. The number of aryl methyl sites for hydroxylation is 2. The average molecular weight is 361 g/mol. The van der Waals surface area contributed by atoms with E-state index in [0.717, 1.165) is 35.3 Å². The van der Waals surface area contributed by atoms with Crippen LogP contribution in [-0.4, -0.2) is 29.1 Å². The molecule has 3 aromatic heterocycles. The molecule has 136 valence electrons. The summed E-state index contributed by atoms with van der Waals surface area (Å²) in [6.45, 7) is 4.41. The third-order valence-corrected chi connectivity index (χ3v) is 5.33. The van der Waals surface area contributed by atoms with E-state index in [1.165, 1.54) is 6.33 Å². The van der Waals surface area contributed by atoms with E-state index in [4.69, 9.17) is 10.7 Å². The Morgan fingerprint density at radius 1 is 1.19 bits per heavy atom. The van der Waals surface area contributed by atoms with Crippen molar-refractivity contribution in [2.75, 3.05) is 5.73 Å². The van der Waals surface area contributed by atoms with Gasteiger partial charge in [0, 0.05) is 6.04 Å².